The summed E-state index contributed by atoms with van der Waals surface area (Å²) in [6.07, 6.45) is 2.28. The quantitative estimate of drug-likeness (QED) is 0.123. The number of rotatable bonds is 11. The maximum atomic E-state index is 13.5. The Morgan fingerprint density at radius 1 is 0.841 bits per heavy atom. The zero-order chi connectivity index (χ0) is 31.6. The number of nitrogens with one attached hydrogen (secondary N) is 3. The average molecular weight is 607 g/mol. The molecule has 0 radical (unpaired) electrons. The van der Waals surface area contributed by atoms with Gasteiger partial charge in [0.1, 0.15) is 5.70 Å². The molecule has 1 atom stereocenters. The fourth-order valence-electron chi connectivity index (χ4n) is 4.48. The Hall–Kier alpha value is -4.82. The topological polar surface area (TPSA) is 90.5 Å². The van der Waals surface area contributed by atoms with Crippen molar-refractivity contribution >= 4 is 52.6 Å². The highest BCUT2D eigenvalue weighted by Gasteiger charge is 2.20. The summed E-state index contributed by atoms with van der Waals surface area (Å²) in [5.41, 5.74) is 5.83. The van der Waals surface area contributed by atoms with E-state index in [0.717, 1.165) is 33.0 Å². The molecule has 226 valence electrons. The number of amides is 3. The number of thioether (sulfide) groups is 1. The summed E-state index contributed by atoms with van der Waals surface area (Å²) in [4.78, 5) is 42.5. The molecule has 0 saturated carbocycles. The minimum atomic E-state index is -0.465. The van der Waals surface area contributed by atoms with Crippen LogP contribution in [0.15, 0.2) is 108 Å². The number of carbonyl (C=O) groups excluding carboxylic acids is 3. The minimum absolute atomic E-state index is 0.0759. The van der Waals surface area contributed by atoms with Gasteiger partial charge in [-0.25, -0.2) is 0 Å². The second kappa shape index (κ2) is 15.1. The third kappa shape index (κ3) is 8.84. The van der Waals surface area contributed by atoms with Crippen molar-refractivity contribution < 1.29 is 14.4 Å². The van der Waals surface area contributed by atoms with E-state index in [1.807, 2.05) is 106 Å². The van der Waals surface area contributed by atoms with Gasteiger partial charge in [0, 0.05) is 41.6 Å². The second-order valence-corrected chi connectivity index (χ2v) is 11.9. The molecule has 0 fully saturated rings. The van der Waals surface area contributed by atoms with Crippen LogP contribution in [-0.2, 0) is 9.59 Å². The van der Waals surface area contributed by atoms with Crippen molar-refractivity contribution in [1.82, 2.24) is 5.32 Å². The first kappa shape index (κ1) is 32.1. The fourth-order valence-corrected chi connectivity index (χ4v) is 5.49. The van der Waals surface area contributed by atoms with E-state index < -0.39 is 5.91 Å². The molecule has 4 aromatic carbocycles. The van der Waals surface area contributed by atoms with Gasteiger partial charge in [-0.3, -0.25) is 14.4 Å². The van der Waals surface area contributed by atoms with Gasteiger partial charge < -0.3 is 20.9 Å². The van der Waals surface area contributed by atoms with E-state index in [-0.39, 0.29) is 22.8 Å². The number of hydrogen-bond donors (Lipinski definition) is 3. The summed E-state index contributed by atoms with van der Waals surface area (Å²) in [5, 5.41) is 8.43. The minimum Gasteiger partial charge on any atom is -0.378 e. The molecule has 0 bridgehead atoms. The van der Waals surface area contributed by atoms with Gasteiger partial charge in [0.25, 0.3) is 11.8 Å². The zero-order valence-electron chi connectivity index (χ0n) is 25.7. The van der Waals surface area contributed by atoms with Crippen molar-refractivity contribution in [2.45, 2.75) is 37.3 Å². The predicted molar refractivity (Wildman–Crippen MR) is 182 cm³/mol. The van der Waals surface area contributed by atoms with E-state index in [4.69, 9.17) is 0 Å². The van der Waals surface area contributed by atoms with Crippen molar-refractivity contribution in [1.29, 1.82) is 0 Å². The standard InChI is InChI=1S/C36H38N4O3S/c1-6-33(36(43)38-31-20-15-24(2)21-25(31)3)44-30-14-10-13-28(23-30)37-35(42)32(39-34(41)27-11-8-7-9-12-27)22-26-16-18-29(19-17-26)40(4)5/h7-23,33H,6H2,1-5H3,(H,37,42)(H,38,43)(H,39,41)/b32-22+. The monoisotopic (exact) mass is 606 g/mol. The molecule has 4 rings (SSSR count). The first-order chi connectivity index (χ1) is 21.1. The summed E-state index contributed by atoms with van der Waals surface area (Å²) < 4.78 is 0. The Kier molecular flexibility index (Phi) is 11.0. The first-order valence-corrected chi connectivity index (χ1v) is 15.3. The number of aryl methyl sites for hydroxylation is 2. The molecule has 4 aromatic rings. The lowest BCUT2D eigenvalue weighted by molar-refractivity contribution is -0.116. The number of benzene rings is 4. The number of nitrogens with zero attached hydrogens (tertiary/aromatic N) is 1. The molecule has 0 aliphatic heterocycles. The van der Waals surface area contributed by atoms with Crippen molar-refractivity contribution in [2.75, 3.05) is 29.6 Å². The van der Waals surface area contributed by atoms with Crippen LogP contribution in [0.2, 0.25) is 0 Å². The molecular weight excluding hydrogens is 568 g/mol. The van der Waals surface area contributed by atoms with E-state index >= 15 is 0 Å². The molecule has 3 N–H and O–H groups in total. The molecule has 8 heteroatoms. The van der Waals surface area contributed by atoms with Crippen LogP contribution in [-0.4, -0.2) is 37.1 Å². The van der Waals surface area contributed by atoms with Crippen molar-refractivity contribution in [2.24, 2.45) is 0 Å². The Labute approximate surface area is 263 Å². The van der Waals surface area contributed by atoms with Crippen LogP contribution in [0, 0.1) is 13.8 Å². The summed E-state index contributed by atoms with van der Waals surface area (Å²) in [6, 6.07) is 29.7. The summed E-state index contributed by atoms with van der Waals surface area (Å²) >= 11 is 1.44. The van der Waals surface area contributed by atoms with Crippen LogP contribution >= 0.6 is 11.8 Å². The van der Waals surface area contributed by atoms with E-state index in [0.29, 0.717) is 17.7 Å². The number of carbonyl (C=O) groups is 3. The third-order valence-corrected chi connectivity index (χ3v) is 8.28. The van der Waals surface area contributed by atoms with Crippen LogP contribution in [0.5, 0.6) is 0 Å². The number of hydrogen-bond acceptors (Lipinski definition) is 5. The van der Waals surface area contributed by atoms with Gasteiger partial charge in [0.15, 0.2) is 0 Å². The van der Waals surface area contributed by atoms with Crippen LogP contribution < -0.4 is 20.9 Å². The van der Waals surface area contributed by atoms with Crippen LogP contribution in [0.4, 0.5) is 17.1 Å². The normalized spacial score (nSPS) is 11.8. The smallest absolute Gasteiger partial charge is 0.272 e. The Morgan fingerprint density at radius 3 is 2.23 bits per heavy atom. The Balaban J connectivity index is 1.51. The van der Waals surface area contributed by atoms with E-state index in [1.165, 1.54) is 11.8 Å². The molecule has 1 unspecified atom stereocenters. The van der Waals surface area contributed by atoms with E-state index in [9.17, 15) is 14.4 Å². The fraction of sp³-hybridized carbons (Fsp3) is 0.194. The molecule has 0 saturated heterocycles. The predicted octanol–water partition coefficient (Wildman–Crippen LogP) is 7.29. The van der Waals surface area contributed by atoms with Gasteiger partial charge in [-0.2, -0.15) is 0 Å². The largest absolute Gasteiger partial charge is 0.378 e. The highest BCUT2D eigenvalue weighted by molar-refractivity contribution is 8.00. The molecule has 7 nitrogen and oxygen atoms in total. The molecule has 44 heavy (non-hydrogen) atoms. The Morgan fingerprint density at radius 2 is 1.57 bits per heavy atom. The molecule has 0 aliphatic rings. The van der Waals surface area contributed by atoms with Crippen molar-refractivity contribution in [3.05, 3.63) is 125 Å². The van der Waals surface area contributed by atoms with Crippen LogP contribution in [0.25, 0.3) is 6.08 Å². The zero-order valence-corrected chi connectivity index (χ0v) is 26.5. The van der Waals surface area contributed by atoms with E-state index in [2.05, 4.69) is 16.0 Å². The lowest BCUT2D eigenvalue weighted by atomic mass is 10.1. The summed E-state index contributed by atoms with van der Waals surface area (Å²) in [5.74, 6) is -0.928. The van der Waals surface area contributed by atoms with Crippen LogP contribution in [0.3, 0.4) is 0 Å². The lowest BCUT2D eigenvalue weighted by Gasteiger charge is -2.17. The molecule has 0 aliphatic carbocycles. The van der Waals surface area contributed by atoms with Crippen LogP contribution in [0.1, 0.15) is 40.4 Å². The van der Waals surface area contributed by atoms with E-state index in [1.54, 1.807) is 36.4 Å². The first-order valence-electron chi connectivity index (χ1n) is 14.4. The summed E-state index contributed by atoms with van der Waals surface area (Å²) in [7, 11) is 3.91. The maximum Gasteiger partial charge on any atom is 0.272 e. The molecule has 0 heterocycles. The number of anilines is 3. The lowest BCUT2D eigenvalue weighted by Crippen LogP contribution is -2.30. The highest BCUT2D eigenvalue weighted by Crippen LogP contribution is 2.29. The molecular formula is C36H38N4O3S. The average Bonchev–Trinajstić information content (AvgIpc) is 3.01. The third-order valence-electron chi connectivity index (χ3n) is 6.92. The Bertz CT molecular complexity index is 1650. The van der Waals surface area contributed by atoms with Crippen molar-refractivity contribution in [3.8, 4) is 0 Å². The van der Waals surface area contributed by atoms with Gasteiger partial charge in [-0.15, -0.1) is 11.8 Å². The second-order valence-electron chi connectivity index (χ2n) is 10.7. The van der Waals surface area contributed by atoms with Gasteiger partial charge in [-0.05, 0) is 86.0 Å². The molecule has 0 spiro atoms. The molecule has 0 aromatic heterocycles. The van der Waals surface area contributed by atoms with Gasteiger partial charge in [0.05, 0.1) is 5.25 Å². The summed E-state index contributed by atoms with van der Waals surface area (Å²) in [6.45, 7) is 5.97. The van der Waals surface area contributed by atoms with Gasteiger partial charge in [-0.1, -0.05) is 61.0 Å². The SMILES string of the molecule is CCC(Sc1cccc(NC(=O)/C(=C\c2ccc(N(C)C)cc2)NC(=O)c2ccccc2)c1)C(=O)Nc1ccc(C)cc1C. The highest BCUT2D eigenvalue weighted by atomic mass is 32.2. The maximum absolute atomic E-state index is 13.5. The van der Waals surface area contributed by atoms with Gasteiger partial charge >= 0.3 is 0 Å². The van der Waals surface area contributed by atoms with Crippen molar-refractivity contribution in [3.63, 3.8) is 0 Å². The molecule has 3 amide bonds. The van der Waals surface area contributed by atoms with Gasteiger partial charge in [0.2, 0.25) is 5.91 Å².